The largest absolute Gasteiger partial charge is 0.481 e. The highest BCUT2D eigenvalue weighted by molar-refractivity contribution is 5.86. The lowest BCUT2D eigenvalue weighted by molar-refractivity contribution is -0.180. The van der Waals surface area contributed by atoms with E-state index in [1.165, 1.54) is 0 Å². The fourth-order valence-electron chi connectivity index (χ4n) is 4.81. The van der Waals surface area contributed by atoms with Crippen LogP contribution in [-0.2, 0) is 9.59 Å². The molecule has 0 bridgehead atoms. The molecular weight excluding hydrogens is 280 g/mol. The van der Waals surface area contributed by atoms with E-state index in [1.54, 1.807) is 0 Å². The molecule has 2 saturated carbocycles. The Morgan fingerprint density at radius 3 is 0.955 bits per heavy atom. The third-order valence-electron chi connectivity index (χ3n) is 6.15. The summed E-state index contributed by atoms with van der Waals surface area (Å²) in [5, 5.41) is 20.1. The lowest BCUT2D eigenvalue weighted by Gasteiger charge is -2.47. The predicted octanol–water partition coefficient (Wildman–Crippen LogP) is 4.62. The zero-order valence-corrected chi connectivity index (χ0v) is 13.6. The monoisotopic (exact) mass is 310 g/mol. The smallest absolute Gasteiger partial charge is 0.310 e. The van der Waals surface area contributed by atoms with Crippen LogP contribution in [0.3, 0.4) is 0 Å². The number of carboxylic acid groups (broad SMARTS) is 2. The molecule has 0 heterocycles. The normalized spacial score (nSPS) is 26.0. The molecule has 2 rings (SSSR count). The van der Waals surface area contributed by atoms with Crippen molar-refractivity contribution in [3.05, 3.63) is 0 Å². The van der Waals surface area contributed by atoms with Crippen molar-refractivity contribution >= 4 is 11.9 Å². The van der Waals surface area contributed by atoms with E-state index in [9.17, 15) is 19.8 Å². The van der Waals surface area contributed by atoms with Gasteiger partial charge in [-0.15, -0.1) is 0 Å². The third-order valence-corrected chi connectivity index (χ3v) is 6.15. The average Bonchev–Trinajstić information content (AvgIpc) is 2.39. The second-order valence-corrected chi connectivity index (χ2v) is 7.31. The lowest BCUT2D eigenvalue weighted by atomic mass is 9.54. The summed E-state index contributed by atoms with van der Waals surface area (Å²) < 4.78 is 0. The molecule has 0 unspecified atom stereocenters. The Morgan fingerprint density at radius 2 is 0.727 bits per heavy atom. The summed E-state index contributed by atoms with van der Waals surface area (Å²) >= 11 is 0. The van der Waals surface area contributed by atoms with Crippen LogP contribution < -0.4 is 0 Å². The molecule has 0 aromatic rings. The highest BCUT2D eigenvalue weighted by Crippen LogP contribution is 2.55. The van der Waals surface area contributed by atoms with Gasteiger partial charge in [-0.05, 0) is 25.7 Å². The number of carboxylic acids is 2. The molecule has 0 aromatic carbocycles. The first-order valence-corrected chi connectivity index (χ1v) is 9.02. The first kappa shape index (κ1) is 17.3. The van der Waals surface area contributed by atoms with E-state index in [1.807, 2.05) is 0 Å². The van der Waals surface area contributed by atoms with Gasteiger partial charge in [0.05, 0.1) is 10.8 Å². The number of hydrogen-bond acceptors (Lipinski definition) is 2. The molecule has 2 aliphatic carbocycles. The Labute approximate surface area is 133 Å². The summed E-state index contributed by atoms with van der Waals surface area (Å²) in [6, 6.07) is 0. The summed E-state index contributed by atoms with van der Waals surface area (Å²) in [6.45, 7) is 0. The average molecular weight is 310 g/mol. The molecular formula is C18H30O4. The predicted molar refractivity (Wildman–Crippen MR) is 84.8 cm³/mol. The molecule has 22 heavy (non-hydrogen) atoms. The zero-order valence-electron chi connectivity index (χ0n) is 13.6. The van der Waals surface area contributed by atoms with Crippen molar-refractivity contribution in [3.63, 3.8) is 0 Å². The topological polar surface area (TPSA) is 74.6 Å². The molecule has 4 nitrogen and oxygen atoms in total. The van der Waals surface area contributed by atoms with Gasteiger partial charge in [0.1, 0.15) is 0 Å². The maximum Gasteiger partial charge on any atom is 0.310 e. The van der Waals surface area contributed by atoms with E-state index in [0.29, 0.717) is 25.7 Å². The molecule has 2 aliphatic rings. The molecule has 0 atom stereocenters. The summed E-state index contributed by atoms with van der Waals surface area (Å²) in [5.41, 5.74) is -2.12. The van der Waals surface area contributed by atoms with Gasteiger partial charge in [-0.25, -0.2) is 0 Å². The molecule has 0 radical (unpaired) electrons. The van der Waals surface area contributed by atoms with Gasteiger partial charge in [0, 0.05) is 0 Å². The van der Waals surface area contributed by atoms with E-state index >= 15 is 0 Å². The minimum Gasteiger partial charge on any atom is -0.481 e. The molecule has 0 aromatic heterocycles. The Morgan fingerprint density at radius 1 is 0.500 bits per heavy atom. The molecule has 0 spiro atoms. The lowest BCUT2D eigenvalue weighted by Crippen LogP contribution is -2.53. The van der Waals surface area contributed by atoms with Crippen LogP contribution in [0, 0.1) is 10.8 Å². The van der Waals surface area contributed by atoms with Gasteiger partial charge >= 0.3 is 11.9 Å². The van der Waals surface area contributed by atoms with Gasteiger partial charge < -0.3 is 10.2 Å². The van der Waals surface area contributed by atoms with Crippen LogP contribution in [0.5, 0.6) is 0 Å². The Kier molecular flexibility index (Phi) is 5.87. The number of hydrogen-bond donors (Lipinski definition) is 2. The summed E-state index contributed by atoms with van der Waals surface area (Å²) in [4.78, 5) is 24.6. The fourth-order valence-corrected chi connectivity index (χ4v) is 4.81. The molecule has 2 N–H and O–H groups in total. The van der Waals surface area contributed by atoms with Crippen LogP contribution >= 0.6 is 0 Å². The SMILES string of the molecule is O=C(O)C1(C2(C(=O)O)CCCCCCC2)CCCCCCC1. The van der Waals surface area contributed by atoms with Gasteiger partial charge in [-0.1, -0.05) is 64.2 Å². The second kappa shape index (κ2) is 7.47. The zero-order chi connectivity index (χ0) is 16.1. The highest BCUT2D eigenvalue weighted by atomic mass is 16.4. The van der Waals surface area contributed by atoms with E-state index in [0.717, 1.165) is 64.2 Å². The summed E-state index contributed by atoms with van der Waals surface area (Å²) in [5.74, 6) is -1.73. The first-order chi connectivity index (χ1) is 10.6. The van der Waals surface area contributed by atoms with Gasteiger partial charge in [-0.2, -0.15) is 0 Å². The van der Waals surface area contributed by atoms with Gasteiger partial charge in [0.15, 0.2) is 0 Å². The standard InChI is InChI=1S/C18H30O4/c19-15(20)17(11-7-3-1-4-8-12-17)18(16(21)22)13-9-5-2-6-10-14-18/h1-14H2,(H,19,20)(H,21,22). The van der Waals surface area contributed by atoms with E-state index in [4.69, 9.17) is 0 Å². The van der Waals surface area contributed by atoms with Crippen LogP contribution in [0.2, 0.25) is 0 Å². The Bertz CT molecular complexity index is 348. The van der Waals surface area contributed by atoms with Gasteiger partial charge in [0.2, 0.25) is 0 Å². The molecule has 0 saturated heterocycles. The van der Waals surface area contributed by atoms with Crippen molar-refractivity contribution < 1.29 is 19.8 Å². The molecule has 4 heteroatoms. The Balaban J connectivity index is 2.42. The van der Waals surface area contributed by atoms with Gasteiger partial charge in [0.25, 0.3) is 0 Å². The summed E-state index contributed by atoms with van der Waals surface area (Å²) in [7, 11) is 0. The molecule has 126 valence electrons. The highest BCUT2D eigenvalue weighted by Gasteiger charge is 2.59. The number of aliphatic carboxylic acids is 2. The minimum atomic E-state index is -1.06. The van der Waals surface area contributed by atoms with Crippen LogP contribution in [-0.4, -0.2) is 22.2 Å². The molecule has 0 amide bonds. The van der Waals surface area contributed by atoms with Crippen molar-refractivity contribution in [2.75, 3.05) is 0 Å². The van der Waals surface area contributed by atoms with Crippen molar-refractivity contribution in [3.8, 4) is 0 Å². The van der Waals surface area contributed by atoms with Crippen LogP contribution in [0.25, 0.3) is 0 Å². The van der Waals surface area contributed by atoms with E-state index in [2.05, 4.69) is 0 Å². The maximum atomic E-state index is 12.3. The van der Waals surface area contributed by atoms with Crippen molar-refractivity contribution in [1.29, 1.82) is 0 Å². The number of carbonyl (C=O) groups is 2. The third kappa shape index (κ3) is 3.16. The van der Waals surface area contributed by atoms with Crippen LogP contribution in [0.1, 0.15) is 89.9 Å². The van der Waals surface area contributed by atoms with E-state index in [-0.39, 0.29) is 0 Å². The quantitative estimate of drug-likeness (QED) is 0.797. The maximum absolute atomic E-state index is 12.3. The van der Waals surface area contributed by atoms with Crippen LogP contribution in [0.15, 0.2) is 0 Å². The van der Waals surface area contributed by atoms with Crippen molar-refractivity contribution in [1.82, 2.24) is 0 Å². The van der Waals surface area contributed by atoms with Crippen molar-refractivity contribution in [2.24, 2.45) is 10.8 Å². The van der Waals surface area contributed by atoms with Crippen LogP contribution in [0.4, 0.5) is 0 Å². The first-order valence-electron chi connectivity index (χ1n) is 9.02. The van der Waals surface area contributed by atoms with Crippen molar-refractivity contribution in [2.45, 2.75) is 89.9 Å². The molecule has 0 aliphatic heterocycles. The Hall–Kier alpha value is -1.06. The van der Waals surface area contributed by atoms with E-state index < -0.39 is 22.8 Å². The fraction of sp³-hybridized carbons (Fsp3) is 0.889. The summed E-state index contributed by atoms with van der Waals surface area (Å²) in [6.07, 6.45) is 12.0. The minimum absolute atomic E-state index is 0.536. The van der Waals surface area contributed by atoms with Gasteiger partial charge in [-0.3, -0.25) is 9.59 Å². The number of rotatable bonds is 3. The second-order valence-electron chi connectivity index (χ2n) is 7.31. The molecule has 2 fully saturated rings.